The van der Waals surface area contributed by atoms with E-state index in [1.807, 2.05) is 5.48 Å². The highest BCUT2D eigenvalue weighted by molar-refractivity contribution is 6.44. The molecule has 2 aliphatic rings. The van der Waals surface area contributed by atoms with Gasteiger partial charge in [-0.25, -0.2) is 9.97 Å². The molecule has 11 heteroatoms. The summed E-state index contributed by atoms with van der Waals surface area (Å²) in [4.78, 5) is 8.08. The lowest BCUT2D eigenvalue weighted by atomic mass is 9.78. The van der Waals surface area contributed by atoms with Crippen molar-refractivity contribution in [2.24, 2.45) is 5.92 Å². The van der Waals surface area contributed by atoms with Crippen molar-refractivity contribution < 1.29 is 25.3 Å². The van der Waals surface area contributed by atoms with Crippen LogP contribution in [0.15, 0.2) is 40.8 Å². The van der Waals surface area contributed by atoms with Crippen LogP contribution in [0.2, 0.25) is 0 Å². The highest BCUT2D eigenvalue weighted by atomic mass is 35.5. The molecule has 0 amide bonds. The third-order valence-electron chi connectivity index (χ3n) is 5.58. The van der Waals surface area contributed by atoms with E-state index in [1.165, 1.54) is 17.8 Å². The van der Waals surface area contributed by atoms with Crippen LogP contribution < -0.4 is 5.48 Å². The molecule has 2 aromatic heterocycles. The minimum Gasteiger partial charge on any atom is -0.387 e. The van der Waals surface area contributed by atoms with Crippen molar-refractivity contribution in [2.75, 3.05) is 5.48 Å². The van der Waals surface area contributed by atoms with Gasteiger partial charge >= 0.3 is 0 Å². The van der Waals surface area contributed by atoms with Crippen molar-refractivity contribution >= 4 is 40.1 Å². The van der Waals surface area contributed by atoms with Gasteiger partial charge in [0, 0.05) is 12.1 Å². The van der Waals surface area contributed by atoms with Gasteiger partial charge in [-0.3, -0.25) is 10.7 Å². The maximum absolute atomic E-state index is 11.2. The molecule has 3 heterocycles. The molecule has 1 aliphatic heterocycles. The average Bonchev–Trinajstić information content (AvgIpc) is 3.25. The van der Waals surface area contributed by atoms with Gasteiger partial charge in [-0.15, -0.1) is 0 Å². The van der Waals surface area contributed by atoms with E-state index in [1.54, 1.807) is 24.4 Å². The Morgan fingerprint density at radius 2 is 2.00 bits per heavy atom. The summed E-state index contributed by atoms with van der Waals surface area (Å²) >= 11 is 12.1. The predicted octanol–water partition coefficient (Wildman–Crippen LogP) is 1.87. The summed E-state index contributed by atoms with van der Waals surface area (Å²) in [5.74, 6) is -0.284. The largest absolute Gasteiger partial charge is 0.387 e. The summed E-state index contributed by atoms with van der Waals surface area (Å²) in [5.41, 5.74) is 0.821. The van der Waals surface area contributed by atoms with Crippen LogP contribution in [0.4, 0.5) is 5.82 Å². The molecular formula is C18H20Cl2N4O5. The zero-order valence-electron chi connectivity index (χ0n) is 15.3. The number of allylic oxidation sites excluding steroid dienone is 3. The van der Waals surface area contributed by atoms with E-state index in [9.17, 15) is 20.5 Å². The Morgan fingerprint density at radius 1 is 1.24 bits per heavy atom. The quantitative estimate of drug-likeness (QED) is 0.453. The van der Waals surface area contributed by atoms with Crippen molar-refractivity contribution in [3.63, 3.8) is 0 Å². The summed E-state index contributed by atoms with van der Waals surface area (Å²) in [6.07, 6.45) is 1.75. The van der Waals surface area contributed by atoms with Crippen LogP contribution in [-0.4, -0.2) is 59.0 Å². The van der Waals surface area contributed by atoms with Crippen molar-refractivity contribution in [3.05, 3.63) is 40.8 Å². The molecule has 29 heavy (non-hydrogen) atoms. The van der Waals surface area contributed by atoms with Crippen molar-refractivity contribution in [1.29, 1.82) is 0 Å². The molecule has 6 atom stereocenters. The monoisotopic (exact) mass is 442 g/mol. The summed E-state index contributed by atoms with van der Waals surface area (Å²) in [6.45, 7) is 1.53. The second kappa shape index (κ2) is 7.51. The maximum Gasteiger partial charge on any atom is 0.164 e. The molecule has 1 saturated heterocycles. The number of nitrogens with one attached hydrogen (secondary N) is 1. The summed E-state index contributed by atoms with van der Waals surface area (Å²) in [5, 5.41) is 42.9. The molecule has 0 saturated carbocycles. The number of anilines is 1. The van der Waals surface area contributed by atoms with Gasteiger partial charge in [0.25, 0.3) is 0 Å². The van der Waals surface area contributed by atoms with Crippen LogP contribution in [0.1, 0.15) is 19.6 Å². The SMILES string of the molecule is CC(O)(C1C=C(Cl)C(Cl)=CC1)[C@H]1O[C@@H](n2ccc3c(NO)ncnc32)[C@H](O)[C@@H]1O. The number of aliphatic hydroxyl groups excluding tert-OH is 2. The van der Waals surface area contributed by atoms with Gasteiger partial charge in [-0.2, -0.15) is 0 Å². The van der Waals surface area contributed by atoms with E-state index < -0.39 is 36.1 Å². The highest BCUT2D eigenvalue weighted by Gasteiger charge is 2.54. The lowest BCUT2D eigenvalue weighted by molar-refractivity contribution is -0.148. The van der Waals surface area contributed by atoms with E-state index in [0.717, 1.165) is 0 Å². The molecule has 0 aromatic carbocycles. The molecule has 2 aromatic rings. The fraction of sp³-hybridized carbons (Fsp3) is 0.444. The van der Waals surface area contributed by atoms with Crippen molar-refractivity contribution in [3.8, 4) is 0 Å². The maximum atomic E-state index is 11.2. The number of halogens is 2. The first kappa shape index (κ1) is 20.5. The van der Waals surface area contributed by atoms with Gasteiger partial charge < -0.3 is 24.6 Å². The smallest absolute Gasteiger partial charge is 0.164 e. The molecule has 1 fully saturated rings. The summed E-state index contributed by atoms with van der Waals surface area (Å²) in [6, 6.07) is 1.64. The number of aromatic nitrogens is 3. The first-order valence-corrected chi connectivity index (χ1v) is 9.70. The zero-order valence-corrected chi connectivity index (χ0v) is 16.8. The van der Waals surface area contributed by atoms with Crippen LogP contribution in [0.5, 0.6) is 0 Å². The lowest BCUT2D eigenvalue weighted by Gasteiger charge is -2.38. The average molecular weight is 443 g/mol. The van der Waals surface area contributed by atoms with E-state index in [2.05, 4.69) is 9.97 Å². The molecule has 156 valence electrons. The minimum atomic E-state index is -1.54. The second-order valence-corrected chi connectivity index (χ2v) is 8.17. The van der Waals surface area contributed by atoms with Gasteiger partial charge in [0.2, 0.25) is 0 Å². The number of aliphatic hydroxyl groups is 3. The Bertz CT molecular complexity index is 992. The van der Waals surface area contributed by atoms with Gasteiger partial charge in [0.05, 0.1) is 21.1 Å². The zero-order chi connectivity index (χ0) is 20.9. The Balaban J connectivity index is 1.65. The lowest BCUT2D eigenvalue weighted by Crippen LogP contribution is -2.51. The van der Waals surface area contributed by atoms with Gasteiger partial charge in [-0.1, -0.05) is 35.4 Å². The molecule has 9 nitrogen and oxygen atoms in total. The summed E-state index contributed by atoms with van der Waals surface area (Å²) < 4.78 is 7.45. The number of hydrogen-bond donors (Lipinski definition) is 5. The highest BCUT2D eigenvalue weighted by Crippen LogP contribution is 2.43. The fourth-order valence-electron chi connectivity index (χ4n) is 3.91. The van der Waals surface area contributed by atoms with E-state index in [-0.39, 0.29) is 5.82 Å². The standard InChI is InChI=1S/C18H20Cl2N4O5/c1-18(27,8-2-3-10(19)11(20)6-8)14-12(25)13(26)17(29-14)24-5-4-9-15(23-28)21-7-22-16(9)24/h3-8,12-14,17,25-28H,2H2,1H3,(H,21,22,23)/t8?,12-,13+,14-,17+,18?/m0/s1. The third kappa shape index (κ3) is 3.32. The number of ether oxygens (including phenoxy) is 1. The Kier molecular flexibility index (Phi) is 5.32. The van der Waals surface area contributed by atoms with Crippen LogP contribution in [-0.2, 0) is 4.74 Å². The van der Waals surface area contributed by atoms with Gasteiger partial charge in [0.1, 0.15) is 30.3 Å². The van der Waals surface area contributed by atoms with Crippen LogP contribution in [0.3, 0.4) is 0 Å². The molecule has 5 N–H and O–H groups in total. The van der Waals surface area contributed by atoms with Gasteiger partial charge in [0.15, 0.2) is 12.0 Å². The second-order valence-electron chi connectivity index (χ2n) is 7.36. The van der Waals surface area contributed by atoms with Crippen molar-refractivity contribution in [1.82, 2.24) is 14.5 Å². The Morgan fingerprint density at radius 3 is 2.69 bits per heavy atom. The molecule has 2 unspecified atom stereocenters. The van der Waals surface area contributed by atoms with E-state index in [0.29, 0.717) is 27.5 Å². The molecule has 0 radical (unpaired) electrons. The topological polar surface area (TPSA) is 133 Å². The molecule has 4 rings (SSSR count). The van der Waals surface area contributed by atoms with Gasteiger partial charge in [-0.05, 0) is 19.4 Å². The van der Waals surface area contributed by atoms with Crippen molar-refractivity contribution in [2.45, 2.75) is 43.5 Å². The van der Waals surface area contributed by atoms with Crippen LogP contribution in [0.25, 0.3) is 11.0 Å². The summed E-state index contributed by atoms with van der Waals surface area (Å²) in [7, 11) is 0. The minimum absolute atomic E-state index is 0.191. The van der Waals surface area contributed by atoms with Crippen LogP contribution in [0, 0.1) is 5.92 Å². The first-order valence-electron chi connectivity index (χ1n) is 8.94. The molecule has 0 spiro atoms. The number of hydrogen-bond acceptors (Lipinski definition) is 8. The molecule has 0 bridgehead atoms. The molecular weight excluding hydrogens is 423 g/mol. The number of rotatable bonds is 4. The van der Waals surface area contributed by atoms with Crippen LogP contribution >= 0.6 is 23.2 Å². The Hall–Kier alpha value is -1.72. The number of fused-ring (bicyclic) bond motifs is 1. The normalized spacial score (nSPS) is 32.0. The molecule has 1 aliphatic carbocycles. The first-order chi connectivity index (χ1) is 13.8. The van der Waals surface area contributed by atoms with E-state index >= 15 is 0 Å². The van der Waals surface area contributed by atoms with E-state index in [4.69, 9.17) is 27.9 Å². The Labute approximate surface area is 175 Å². The third-order valence-corrected chi connectivity index (χ3v) is 6.37. The predicted molar refractivity (Wildman–Crippen MR) is 105 cm³/mol. The number of nitrogens with zero attached hydrogens (tertiary/aromatic N) is 3. The fourth-order valence-corrected chi connectivity index (χ4v) is 4.29.